The van der Waals surface area contributed by atoms with Crippen LogP contribution in [-0.4, -0.2) is 50.3 Å². The molecular formula is C14H28N2O. The van der Waals surface area contributed by atoms with E-state index in [1.165, 1.54) is 19.3 Å². The average Bonchev–Trinajstić information content (AvgIpc) is 2.31. The first kappa shape index (κ1) is 13.3. The minimum atomic E-state index is 0.392. The fourth-order valence-corrected chi connectivity index (χ4v) is 3.02. The molecule has 2 aliphatic rings. The summed E-state index contributed by atoms with van der Waals surface area (Å²) in [5, 5.41) is 3.71. The highest BCUT2D eigenvalue weighted by molar-refractivity contribution is 4.81. The third-order valence-electron chi connectivity index (χ3n) is 4.57. The van der Waals surface area contributed by atoms with E-state index in [1.807, 2.05) is 0 Å². The van der Waals surface area contributed by atoms with Crippen LogP contribution in [0.4, 0.5) is 0 Å². The van der Waals surface area contributed by atoms with Crippen LogP contribution in [0.1, 0.15) is 33.1 Å². The van der Waals surface area contributed by atoms with E-state index in [9.17, 15) is 0 Å². The molecule has 1 N–H and O–H groups in total. The second-order valence-electron chi connectivity index (χ2n) is 6.13. The maximum absolute atomic E-state index is 5.78. The number of nitrogens with zero attached hydrogens (tertiary/aromatic N) is 1. The molecule has 0 radical (unpaired) electrons. The molecule has 0 aromatic heterocycles. The minimum Gasteiger partial charge on any atom is -0.374 e. The van der Waals surface area contributed by atoms with Crippen LogP contribution in [0.15, 0.2) is 0 Å². The SMILES string of the molecule is C[C@@H]1CC[C@H](NC[C@@H]2CN(C)CCO2)C[C@@H]1C. The van der Waals surface area contributed by atoms with Gasteiger partial charge < -0.3 is 15.0 Å². The Kier molecular flexibility index (Phi) is 4.83. The maximum atomic E-state index is 5.78. The van der Waals surface area contributed by atoms with Crippen molar-refractivity contribution in [1.29, 1.82) is 0 Å². The van der Waals surface area contributed by atoms with Gasteiger partial charge in [0.1, 0.15) is 0 Å². The highest BCUT2D eigenvalue weighted by atomic mass is 16.5. The van der Waals surface area contributed by atoms with E-state index in [1.54, 1.807) is 0 Å². The molecule has 1 aliphatic heterocycles. The van der Waals surface area contributed by atoms with E-state index in [4.69, 9.17) is 4.74 Å². The first-order chi connectivity index (χ1) is 8.15. The minimum absolute atomic E-state index is 0.392. The Morgan fingerprint density at radius 1 is 1.24 bits per heavy atom. The Morgan fingerprint density at radius 2 is 2.06 bits per heavy atom. The molecule has 0 spiro atoms. The quantitative estimate of drug-likeness (QED) is 0.813. The van der Waals surface area contributed by atoms with Crippen LogP contribution in [0, 0.1) is 11.8 Å². The fraction of sp³-hybridized carbons (Fsp3) is 1.00. The van der Waals surface area contributed by atoms with Crippen molar-refractivity contribution < 1.29 is 4.74 Å². The molecule has 2 rings (SSSR count). The monoisotopic (exact) mass is 240 g/mol. The summed E-state index contributed by atoms with van der Waals surface area (Å²) in [6, 6.07) is 0.719. The summed E-state index contributed by atoms with van der Waals surface area (Å²) in [5.74, 6) is 1.78. The molecule has 100 valence electrons. The third-order valence-corrected chi connectivity index (χ3v) is 4.57. The summed E-state index contributed by atoms with van der Waals surface area (Å²) in [6.07, 6.45) is 4.45. The number of morpholine rings is 1. The fourth-order valence-electron chi connectivity index (χ4n) is 3.02. The summed E-state index contributed by atoms with van der Waals surface area (Å²) >= 11 is 0. The third kappa shape index (κ3) is 3.94. The van der Waals surface area contributed by atoms with Crippen molar-refractivity contribution in [3.05, 3.63) is 0 Å². The van der Waals surface area contributed by atoms with Crippen LogP contribution in [0.3, 0.4) is 0 Å². The van der Waals surface area contributed by atoms with Gasteiger partial charge in [-0.25, -0.2) is 0 Å². The lowest BCUT2D eigenvalue weighted by atomic mass is 9.79. The number of hydrogen-bond donors (Lipinski definition) is 1. The molecule has 0 aromatic rings. The molecule has 0 aromatic carbocycles. The van der Waals surface area contributed by atoms with Gasteiger partial charge in [0.25, 0.3) is 0 Å². The summed E-state index contributed by atoms with van der Waals surface area (Å²) in [4.78, 5) is 2.36. The normalized spacial score (nSPS) is 40.4. The molecule has 17 heavy (non-hydrogen) atoms. The first-order valence-electron chi connectivity index (χ1n) is 7.18. The van der Waals surface area contributed by atoms with Gasteiger partial charge in [-0.3, -0.25) is 0 Å². The van der Waals surface area contributed by atoms with Crippen molar-refractivity contribution in [1.82, 2.24) is 10.2 Å². The van der Waals surface area contributed by atoms with Crippen LogP contribution >= 0.6 is 0 Å². The van der Waals surface area contributed by atoms with Gasteiger partial charge in [-0.1, -0.05) is 13.8 Å². The molecule has 1 saturated carbocycles. The Balaban J connectivity index is 1.67. The zero-order chi connectivity index (χ0) is 12.3. The molecule has 3 nitrogen and oxygen atoms in total. The van der Waals surface area contributed by atoms with Gasteiger partial charge in [0.15, 0.2) is 0 Å². The van der Waals surface area contributed by atoms with Gasteiger partial charge >= 0.3 is 0 Å². The predicted octanol–water partition coefficient (Wildman–Crippen LogP) is 1.73. The van der Waals surface area contributed by atoms with Gasteiger partial charge in [-0.05, 0) is 38.1 Å². The Hall–Kier alpha value is -0.120. The number of nitrogens with one attached hydrogen (secondary N) is 1. The Morgan fingerprint density at radius 3 is 2.76 bits per heavy atom. The first-order valence-corrected chi connectivity index (χ1v) is 7.18. The summed E-state index contributed by atoms with van der Waals surface area (Å²) in [6.45, 7) is 8.85. The highest BCUT2D eigenvalue weighted by Crippen LogP contribution is 2.29. The summed E-state index contributed by atoms with van der Waals surface area (Å²) < 4.78 is 5.78. The predicted molar refractivity (Wildman–Crippen MR) is 71.2 cm³/mol. The summed E-state index contributed by atoms with van der Waals surface area (Å²) in [7, 11) is 2.18. The number of rotatable bonds is 3. The highest BCUT2D eigenvalue weighted by Gasteiger charge is 2.25. The zero-order valence-corrected chi connectivity index (χ0v) is 11.6. The van der Waals surface area contributed by atoms with Crippen LogP contribution in [-0.2, 0) is 4.74 Å². The molecule has 3 heteroatoms. The second-order valence-corrected chi connectivity index (χ2v) is 6.13. The van der Waals surface area contributed by atoms with Gasteiger partial charge in [-0.2, -0.15) is 0 Å². The van der Waals surface area contributed by atoms with Gasteiger partial charge in [0.2, 0.25) is 0 Å². The van der Waals surface area contributed by atoms with E-state index < -0.39 is 0 Å². The molecule has 4 atom stereocenters. The van der Waals surface area contributed by atoms with E-state index in [0.717, 1.165) is 44.1 Å². The lowest BCUT2D eigenvalue weighted by Gasteiger charge is -2.35. The molecule has 1 aliphatic carbocycles. The van der Waals surface area contributed by atoms with Crippen molar-refractivity contribution in [3.63, 3.8) is 0 Å². The average molecular weight is 240 g/mol. The molecule has 1 heterocycles. The number of likely N-dealkylation sites (N-methyl/N-ethyl adjacent to an activating group) is 1. The van der Waals surface area contributed by atoms with E-state index in [-0.39, 0.29) is 0 Å². The lowest BCUT2D eigenvalue weighted by molar-refractivity contribution is -0.0203. The van der Waals surface area contributed by atoms with E-state index >= 15 is 0 Å². The van der Waals surface area contributed by atoms with E-state index in [0.29, 0.717) is 6.10 Å². The number of hydrogen-bond acceptors (Lipinski definition) is 3. The second kappa shape index (κ2) is 6.17. The van der Waals surface area contributed by atoms with E-state index in [2.05, 4.69) is 31.1 Å². The van der Waals surface area contributed by atoms with Crippen LogP contribution in [0.2, 0.25) is 0 Å². The molecule has 0 amide bonds. The van der Waals surface area contributed by atoms with Crippen LogP contribution in [0.25, 0.3) is 0 Å². The van der Waals surface area contributed by atoms with Gasteiger partial charge in [-0.15, -0.1) is 0 Å². The molecular weight excluding hydrogens is 212 g/mol. The molecule has 0 bridgehead atoms. The molecule has 0 unspecified atom stereocenters. The van der Waals surface area contributed by atoms with Crippen molar-refractivity contribution in [2.24, 2.45) is 11.8 Å². The van der Waals surface area contributed by atoms with Gasteiger partial charge in [0.05, 0.1) is 12.7 Å². The lowest BCUT2D eigenvalue weighted by Crippen LogP contribution is -2.47. The maximum Gasteiger partial charge on any atom is 0.0826 e. The molecule has 1 saturated heterocycles. The smallest absolute Gasteiger partial charge is 0.0826 e. The largest absolute Gasteiger partial charge is 0.374 e. The van der Waals surface area contributed by atoms with Crippen LogP contribution in [0.5, 0.6) is 0 Å². The standard InChI is InChI=1S/C14H28N2O/c1-11-4-5-13(8-12(11)2)15-9-14-10-16(3)6-7-17-14/h11-15H,4-10H2,1-3H3/t11-,12+,13+,14-/m1/s1. The van der Waals surface area contributed by atoms with Crippen molar-refractivity contribution in [3.8, 4) is 0 Å². The van der Waals surface area contributed by atoms with Crippen LogP contribution < -0.4 is 5.32 Å². The van der Waals surface area contributed by atoms with Crippen molar-refractivity contribution >= 4 is 0 Å². The number of ether oxygens (including phenoxy) is 1. The Bertz CT molecular complexity index is 234. The Labute approximate surface area is 106 Å². The van der Waals surface area contributed by atoms with Crippen molar-refractivity contribution in [2.45, 2.75) is 45.3 Å². The topological polar surface area (TPSA) is 24.5 Å². The zero-order valence-electron chi connectivity index (χ0n) is 11.6. The van der Waals surface area contributed by atoms with Crippen molar-refractivity contribution in [2.75, 3.05) is 33.3 Å². The molecule has 2 fully saturated rings. The van der Waals surface area contributed by atoms with Gasteiger partial charge in [0, 0.05) is 25.7 Å². The summed E-state index contributed by atoms with van der Waals surface area (Å²) in [5.41, 5.74) is 0.